The lowest BCUT2D eigenvalue weighted by Gasteiger charge is -2.05. The van der Waals surface area contributed by atoms with Gasteiger partial charge >= 0.3 is 5.97 Å². The Kier molecular flexibility index (Phi) is 3.72. The van der Waals surface area contributed by atoms with Crippen molar-refractivity contribution < 1.29 is 18.7 Å². The Hall–Kier alpha value is -2.22. The number of carbonyl (C=O) groups is 2. The highest BCUT2D eigenvalue weighted by molar-refractivity contribution is 6.10. The van der Waals surface area contributed by atoms with Gasteiger partial charge in [-0.2, -0.15) is 5.26 Å². The van der Waals surface area contributed by atoms with Gasteiger partial charge in [0, 0.05) is 5.56 Å². The predicted molar refractivity (Wildman–Crippen MR) is 51.8 cm³/mol. The van der Waals surface area contributed by atoms with Crippen LogP contribution in [0.15, 0.2) is 24.3 Å². The van der Waals surface area contributed by atoms with E-state index in [9.17, 15) is 14.0 Å². The van der Waals surface area contributed by atoms with Crippen molar-refractivity contribution in [3.05, 3.63) is 35.6 Å². The summed E-state index contributed by atoms with van der Waals surface area (Å²) in [7, 11) is 1.07. The number of hydrogen-bond donors (Lipinski definition) is 0. The Morgan fingerprint density at radius 3 is 2.69 bits per heavy atom. The molecule has 16 heavy (non-hydrogen) atoms. The Morgan fingerprint density at radius 2 is 2.19 bits per heavy atom. The van der Waals surface area contributed by atoms with Crippen molar-refractivity contribution in [1.82, 2.24) is 0 Å². The largest absolute Gasteiger partial charge is 0.468 e. The number of rotatable bonds is 3. The summed E-state index contributed by atoms with van der Waals surface area (Å²) in [5.41, 5.74) is -0.0306. The number of esters is 1. The summed E-state index contributed by atoms with van der Waals surface area (Å²) in [6.45, 7) is 0. The second-order valence-corrected chi connectivity index (χ2v) is 2.96. The number of ether oxygens (including phenoxy) is 1. The van der Waals surface area contributed by atoms with Crippen LogP contribution in [-0.4, -0.2) is 18.9 Å². The first-order valence-corrected chi connectivity index (χ1v) is 4.37. The molecular formula is C11H8FNO3. The van der Waals surface area contributed by atoms with E-state index in [1.165, 1.54) is 18.2 Å². The highest BCUT2D eigenvalue weighted by atomic mass is 19.1. The summed E-state index contributed by atoms with van der Waals surface area (Å²) < 4.78 is 17.1. The molecule has 0 aliphatic rings. The van der Waals surface area contributed by atoms with Gasteiger partial charge in [-0.25, -0.2) is 4.39 Å². The van der Waals surface area contributed by atoms with Gasteiger partial charge in [-0.05, 0) is 12.1 Å². The number of halogens is 1. The van der Waals surface area contributed by atoms with Crippen LogP contribution in [-0.2, 0) is 9.53 Å². The van der Waals surface area contributed by atoms with Crippen molar-refractivity contribution in [2.24, 2.45) is 5.92 Å². The minimum absolute atomic E-state index is 0.0306. The minimum Gasteiger partial charge on any atom is -0.468 e. The SMILES string of the molecule is COC(=O)[C@@H](C#N)C(=O)c1cccc(F)c1. The normalized spacial score (nSPS) is 11.3. The minimum atomic E-state index is -1.55. The average molecular weight is 221 g/mol. The summed E-state index contributed by atoms with van der Waals surface area (Å²) in [5, 5.41) is 8.66. The van der Waals surface area contributed by atoms with Gasteiger partial charge in [-0.15, -0.1) is 0 Å². The lowest BCUT2D eigenvalue weighted by Crippen LogP contribution is -2.24. The number of benzene rings is 1. The maximum Gasteiger partial charge on any atom is 0.331 e. The number of nitrogens with zero attached hydrogens (tertiary/aromatic N) is 1. The van der Waals surface area contributed by atoms with Crippen molar-refractivity contribution in [2.45, 2.75) is 0 Å². The van der Waals surface area contributed by atoms with Crippen LogP contribution in [0.3, 0.4) is 0 Å². The molecule has 1 rings (SSSR count). The molecule has 4 nitrogen and oxygen atoms in total. The van der Waals surface area contributed by atoms with Crippen LogP contribution >= 0.6 is 0 Å². The molecule has 0 aromatic heterocycles. The molecule has 0 spiro atoms. The molecule has 0 bridgehead atoms. The van der Waals surface area contributed by atoms with Crippen molar-refractivity contribution in [3.63, 3.8) is 0 Å². The third-order valence-corrected chi connectivity index (χ3v) is 1.94. The number of methoxy groups -OCH3 is 1. The molecule has 0 unspecified atom stereocenters. The second-order valence-electron chi connectivity index (χ2n) is 2.96. The first-order valence-electron chi connectivity index (χ1n) is 4.37. The van der Waals surface area contributed by atoms with E-state index in [1.807, 2.05) is 0 Å². The Labute approximate surface area is 91.3 Å². The van der Waals surface area contributed by atoms with Crippen molar-refractivity contribution in [3.8, 4) is 6.07 Å². The van der Waals surface area contributed by atoms with Crippen LogP contribution in [0.2, 0.25) is 0 Å². The number of carbonyl (C=O) groups excluding carboxylic acids is 2. The first-order chi connectivity index (χ1) is 7.60. The van der Waals surface area contributed by atoms with Crippen LogP contribution < -0.4 is 0 Å². The van der Waals surface area contributed by atoms with E-state index in [0.717, 1.165) is 19.2 Å². The Morgan fingerprint density at radius 1 is 1.50 bits per heavy atom. The molecule has 0 aliphatic carbocycles. The topological polar surface area (TPSA) is 67.2 Å². The third-order valence-electron chi connectivity index (χ3n) is 1.94. The number of ketones is 1. The fraction of sp³-hybridized carbons (Fsp3) is 0.182. The zero-order valence-corrected chi connectivity index (χ0v) is 8.44. The molecule has 1 atom stereocenters. The molecule has 0 heterocycles. The third kappa shape index (κ3) is 2.42. The summed E-state index contributed by atoms with van der Waals surface area (Å²) in [4.78, 5) is 22.7. The maximum absolute atomic E-state index is 12.8. The Bertz CT molecular complexity index is 465. The van der Waals surface area contributed by atoms with Crippen molar-refractivity contribution in [2.75, 3.05) is 7.11 Å². The van der Waals surface area contributed by atoms with E-state index in [1.54, 1.807) is 0 Å². The van der Waals surface area contributed by atoms with Crippen molar-refractivity contribution >= 4 is 11.8 Å². The van der Waals surface area contributed by atoms with E-state index in [2.05, 4.69) is 4.74 Å². The molecule has 0 aliphatic heterocycles. The van der Waals surface area contributed by atoms with Gasteiger partial charge in [0.2, 0.25) is 5.92 Å². The monoisotopic (exact) mass is 221 g/mol. The first kappa shape index (κ1) is 11.9. The fourth-order valence-electron chi connectivity index (χ4n) is 1.14. The summed E-state index contributed by atoms with van der Waals surface area (Å²) in [6, 6.07) is 6.31. The zero-order chi connectivity index (χ0) is 12.1. The van der Waals surface area contributed by atoms with E-state index < -0.39 is 23.5 Å². The van der Waals surface area contributed by atoms with Crippen LogP contribution in [0.4, 0.5) is 4.39 Å². The van der Waals surface area contributed by atoms with E-state index >= 15 is 0 Å². The molecule has 0 N–H and O–H groups in total. The fourth-order valence-corrected chi connectivity index (χ4v) is 1.14. The molecule has 0 fully saturated rings. The van der Waals surface area contributed by atoms with Crippen LogP contribution in [0, 0.1) is 23.1 Å². The van der Waals surface area contributed by atoms with Gasteiger partial charge in [0.15, 0.2) is 5.78 Å². The van der Waals surface area contributed by atoms with E-state index in [-0.39, 0.29) is 5.56 Å². The van der Waals surface area contributed by atoms with Crippen LogP contribution in [0.5, 0.6) is 0 Å². The number of Topliss-reactive ketones (excluding diaryl/α,β-unsaturated/α-hetero) is 1. The highest BCUT2D eigenvalue weighted by Gasteiger charge is 2.28. The lowest BCUT2D eigenvalue weighted by atomic mass is 9.99. The standard InChI is InChI=1S/C11H8FNO3/c1-16-11(15)9(6-13)10(14)7-3-2-4-8(12)5-7/h2-5,9H,1H3/t9-/m0/s1. The molecule has 1 aromatic carbocycles. The number of hydrogen-bond acceptors (Lipinski definition) is 4. The van der Waals surface area contributed by atoms with Gasteiger partial charge in [0.1, 0.15) is 5.82 Å². The molecular weight excluding hydrogens is 213 g/mol. The van der Waals surface area contributed by atoms with Gasteiger partial charge in [0.25, 0.3) is 0 Å². The molecule has 0 amide bonds. The smallest absolute Gasteiger partial charge is 0.331 e. The zero-order valence-electron chi connectivity index (χ0n) is 8.44. The van der Waals surface area contributed by atoms with Crippen molar-refractivity contribution in [1.29, 1.82) is 5.26 Å². The number of nitriles is 1. The molecule has 5 heteroatoms. The molecule has 0 radical (unpaired) electrons. The summed E-state index contributed by atoms with van der Waals surface area (Å²) in [5.74, 6) is -3.87. The van der Waals surface area contributed by atoms with Gasteiger partial charge in [-0.3, -0.25) is 9.59 Å². The average Bonchev–Trinajstić information content (AvgIpc) is 2.29. The summed E-state index contributed by atoms with van der Waals surface area (Å²) >= 11 is 0. The second kappa shape index (κ2) is 5.03. The van der Waals surface area contributed by atoms with Crippen LogP contribution in [0.25, 0.3) is 0 Å². The quantitative estimate of drug-likeness (QED) is 0.438. The van der Waals surface area contributed by atoms with E-state index in [4.69, 9.17) is 5.26 Å². The molecule has 1 aromatic rings. The lowest BCUT2D eigenvalue weighted by molar-refractivity contribution is -0.141. The Balaban J connectivity index is 3.02. The maximum atomic E-state index is 12.8. The van der Waals surface area contributed by atoms with Crippen LogP contribution in [0.1, 0.15) is 10.4 Å². The highest BCUT2D eigenvalue weighted by Crippen LogP contribution is 2.11. The molecule has 0 saturated heterocycles. The van der Waals surface area contributed by atoms with Gasteiger partial charge < -0.3 is 4.74 Å². The summed E-state index contributed by atoms with van der Waals surface area (Å²) in [6.07, 6.45) is 0. The van der Waals surface area contributed by atoms with E-state index in [0.29, 0.717) is 0 Å². The predicted octanol–water partition coefficient (Wildman–Crippen LogP) is 1.32. The van der Waals surface area contributed by atoms with Gasteiger partial charge in [-0.1, -0.05) is 12.1 Å². The molecule has 0 saturated carbocycles. The van der Waals surface area contributed by atoms with Gasteiger partial charge in [0.05, 0.1) is 13.2 Å². The molecule has 82 valence electrons.